The zero-order chi connectivity index (χ0) is 28.7. The molecule has 0 bridgehead atoms. The Bertz CT molecular complexity index is 1330. The fourth-order valence-corrected chi connectivity index (χ4v) is 4.72. The molecule has 0 amide bonds. The first-order valence-electron chi connectivity index (χ1n) is 13.8. The Morgan fingerprint density at radius 2 is 0.854 bits per heavy atom. The summed E-state index contributed by atoms with van der Waals surface area (Å²) in [7, 11) is 0. The highest BCUT2D eigenvalue weighted by Gasteiger charge is 2.25. The van der Waals surface area contributed by atoms with Gasteiger partial charge in [0.25, 0.3) is 0 Å². The highest BCUT2D eigenvalue weighted by atomic mass is 16.3. The number of aromatic hydroxyl groups is 1. The maximum absolute atomic E-state index is 12.1. The molecule has 5 rings (SSSR count). The quantitative estimate of drug-likeness (QED) is 0.210. The number of rotatable bonds is 10. The van der Waals surface area contributed by atoms with Crippen LogP contribution in [0.15, 0.2) is 110 Å². The molecule has 1 N–H and O–H groups in total. The van der Waals surface area contributed by atoms with E-state index in [4.69, 9.17) is 0 Å². The largest absolute Gasteiger partial charge is 0.504 e. The topological polar surface area (TPSA) is 78.3 Å². The van der Waals surface area contributed by atoms with Crippen LogP contribution >= 0.6 is 0 Å². The van der Waals surface area contributed by atoms with Crippen LogP contribution in [0.3, 0.4) is 0 Å². The second-order valence-electron chi connectivity index (χ2n) is 11.1. The number of aromatic nitrogens is 4. The smallest absolute Gasteiger partial charge is 0.162 e. The van der Waals surface area contributed by atoms with Gasteiger partial charge in [-0.25, -0.2) is 0 Å². The molecule has 4 heterocycles. The van der Waals surface area contributed by atoms with E-state index in [-0.39, 0.29) is 11.2 Å². The summed E-state index contributed by atoms with van der Waals surface area (Å²) >= 11 is 0. The lowest BCUT2D eigenvalue weighted by Gasteiger charge is -2.32. The molecule has 0 atom stereocenters. The van der Waals surface area contributed by atoms with E-state index >= 15 is 0 Å². The Balaban J connectivity index is 1.64. The van der Waals surface area contributed by atoms with E-state index in [1.54, 1.807) is 24.8 Å². The Hall–Kier alpha value is -4.78. The average molecular weight is 545 g/mol. The summed E-state index contributed by atoms with van der Waals surface area (Å²) in [6.45, 7) is 8.62. The van der Waals surface area contributed by atoms with Gasteiger partial charge in [-0.15, -0.1) is 0 Å². The Morgan fingerprint density at radius 1 is 0.537 bits per heavy atom. The molecule has 0 radical (unpaired) electrons. The average Bonchev–Trinajstić information content (AvgIpc) is 2.98. The van der Waals surface area contributed by atoms with E-state index < -0.39 is 0 Å². The van der Waals surface area contributed by atoms with Crippen LogP contribution in [0.2, 0.25) is 0 Å². The van der Waals surface area contributed by atoms with Crippen LogP contribution in [-0.4, -0.2) is 25.0 Å². The van der Waals surface area contributed by atoms with E-state index in [0.717, 1.165) is 39.7 Å². The van der Waals surface area contributed by atoms with Gasteiger partial charge in [0.05, 0.1) is 60.3 Å². The minimum absolute atomic E-state index is 0.166. The lowest BCUT2D eigenvalue weighted by Crippen LogP contribution is -2.27. The van der Waals surface area contributed by atoms with Crippen molar-refractivity contribution in [2.75, 3.05) is 9.80 Å². The zero-order valence-corrected chi connectivity index (χ0v) is 23.9. The van der Waals surface area contributed by atoms with E-state index in [0.29, 0.717) is 26.2 Å². The number of hydrogen-bond acceptors (Lipinski definition) is 7. The molecule has 0 aliphatic heterocycles. The summed E-state index contributed by atoms with van der Waals surface area (Å²) in [5.41, 5.74) is 6.04. The van der Waals surface area contributed by atoms with Crippen molar-refractivity contribution in [2.45, 2.75) is 52.4 Å². The minimum Gasteiger partial charge on any atom is -0.504 e. The number of nitrogens with zero attached hydrogens (tertiary/aromatic N) is 6. The van der Waals surface area contributed by atoms with Crippen molar-refractivity contribution in [3.8, 4) is 5.75 Å². The first-order chi connectivity index (χ1) is 19.9. The molecule has 0 saturated carbocycles. The molecule has 0 saturated heterocycles. The molecule has 41 heavy (non-hydrogen) atoms. The summed E-state index contributed by atoms with van der Waals surface area (Å²) in [6.07, 6.45) is 7.19. The molecule has 0 spiro atoms. The van der Waals surface area contributed by atoms with Gasteiger partial charge in [-0.1, -0.05) is 45.0 Å². The third-order valence-corrected chi connectivity index (χ3v) is 6.93. The SMILES string of the molecule is CC(C)(C)c1cc(N(Cc2ccccn2)Cc2ccccn2)c(O)c(N(Cc2ccccn2)Cc2ccccn2)c1. The lowest BCUT2D eigenvalue weighted by atomic mass is 9.86. The van der Waals surface area contributed by atoms with Gasteiger partial charge in [0.15, 0.2) is 5.75 Å². The van der Waals surface area contributed by atoms with Gasteiger partial charge in [-0.2, -0.15) is 0 Å². The van der Waals surface area contributed by atoms with Crippen LogP contribution in [0.25, 0.3) is 0 Å². The van der Waals surface area contributed by atoms with Crippen molar-refractivity contribution in [1.82, 2.24) is 19.9 Å². The summed E-state index contributed by atoms with van der Waals surface area (Å²) in [4.78, 5) is 22.6. The fraction of sp³-hybridized carbons (Fsp3) is 0.235. The normalized spacial score (nSPS) is 11.3. The highest BCUT2D eigenvalue weighted by Crippen LogP contribution is 2.43. The number of anilines is 2. The Labute approximate surface area is 242 Å². The number of hydrogen-bond donors (Lipinski definition) is 1. The third-order valence-electron chi connectivity index (χ3n) is 6.93. The first-order valence-corrected chi connectivity index (χ1v) is 13.8. The van der Waals surface area contributed by atoms with Crippen molar-refractivity contribution in [3.05, 3.63) is 138 Å². The molecular formula is C34H36N6O. The van der Waals surface area contributed by atoms with E-state index in [2.05, 4.69) is 62.6 Å². The van der Waals surface area contributed by atoms with Crippen LogP contribution < -0.4 is 9.80 Å². The minimum atomic E-state index is -0.166. The van der Waals surface area contributed by atoms with Crippen LogP contribution in [0.5, 0.6) is 5.75 Å². The van der Waals surface area contributed by atoms with Gasteiger partial charge >= 0.3 is 0 Å². The Morgan fingerprint density at radius 3 is 1.10 bits per heavy atom. The first kappa shape index (κ1) is 27.8. The number of pyridine rings is 4. The van der Waals surface area contributed by atoms with E-state index in [1.165, 1.54) is 0 Å². The number of phenolic OH excluding ortho intramolecular Hbond substituents is 1. The highest BCUT2D eigenvalue weighted by molar-refractivity contribution is 5.74. The van der Waals surface area contributed by atoms with Crippen molar-refractivity contribution in [2.24, 2.45) is 0 Å². The molecule has 0 unspecified atom stereocenters. The molecule has 4 aromatic heterocycles. The number of phenols is 1. The summed E-state index contributed by atoms with van der Waals surface area (Å²) < 4.78 is 0. The molecule has 1 aromatic carbocycles. The second kappa shape index (κ2) is 12.6. The van der Waals surface area contributed by atoms with Crippen LogP contribution in [-0.2, 0) is 31.6 Å². The van der Waals surface area contributed by atoms with Gasteiger partial charge in [0.1, 0.15) is 0 Å². The Kier molecular flexibility index (Phi) is 8.53. The molecule has 0 aliphatic rings. The van der Waals surface area contributed by atoms with Crippen LogP contribution in [0.1, 0.15) is 49.1 Å². The molecule has 0 fully saturated rings. The standard InChI is InChI=1S/C34H36N6O/c1-34(2,3)26-20-31(39(22-27-12-4-8-16-35-27)23-28-13-5-9-17-36-28)33(41)32(21-26)40(24-29-14-6-10-18-37-29)25-30-15-7-11-19-38-30/h4-21,41H,22-25H2,1-3H3. The van der Waals surface area contributed by atoms with Crippen LogP contribution in [0.4, 0.5) is 11.4 Å². The maximum atomic E-state index is 12.1. The molecule has 5 aromatic rings. The molecule has 0 aliphatic carbocycles. The van der Waals surface area contributed by atoms with E-state index in [1.807, 2.05) is 72.8 Å². The van der Waals surface area contributed by atoms with Crippen molar-refractivity contribution in [1.29, 1.82) is 0 Å². The van der Waals surface area contributed by atoms with Gasteiger partial charge < -0.3 is 14.9 Å². The van der Waals surface area contributed by atoms with Gasteiger partial charge in [0, 0.05) is 24.8 Å². The monoisotopic (exact) mass is 544 g/mol. The van der Waals surface area contributed by atoms with Crippen molar-refractivity contribution < 1.29 is 5.11 Å². The third kappa shape index (κ3) is 7.25. The summed E-state index contributed by atoms with van der Waals surface area (Å²) in [5.74, 6) is 0.205. The number of benzene rings is 1. The summed E-state index contributed by atoms with van der Waals surface area (Å²) in [6, 6.07) is 27.8. The van der Waals surface area contributed by atoms with Gasteiger partial charge in [0.2, 0.25) is 0 Å². The van der Waals surface area contributed by atoms with Crippen LogP contribution in [0, 0.1) is 0 Å². The fourth-order valence-electron chi connectivity index (χ4n) is 4.72. The molecular weight excluding hydrogens is 508 g/mol. The van der Waals surface area contributed by atoms with Gasteiger partial charge in [-0.05, 0) is 71.6 Å². The predicted octanol–water partition coefficient (Wildman–Crippen LogP) is 6.68. The zero-order valence-electron chi connectivity index (χ0n) is 23.9. The molecule has 7 nitrogen and oxygen atoms in total. The van der Waals surface area contributed by atoms with Crippen molar-refractivity contribution in [3.63, 3.8) is 0 Å². The maximum Gasteiger partial charge on any atom is 0.162 e. The molecule has 7 heteroatoms. The predicted molar refractivity (Wildman–Crippen MR) is 164 cm³/mol. The summed E-state index contributed by atoms with van der Waals surface area (Å²) in [5, 5.41) is 12.1. The molecule has 208 valence electrons. The lowest BCUT2D eigenvalue weighted by molar-refractivity contribution is 0.469. The van der Waals surface area contributed by atoms with E-state index in [9.17, 15) is 5.11 Å². The van der Waals surface area contributed by atoms with Crippen molar-refractivity contribution >= 4 is 11.4 Å². The second-order valence-corrected chi connectivity index (χ2v) is 11.1. The van der Waals surface area contributed by atoms with Gasteiger partial charge in [-0.3, -0.25) is 19.9 Å².